The maximum atomic E-state index is 13.7. The molecule has 1 heterocycles. The Morgan fingerprint density at radius 1 is 1.05 bits per heavy atom. The number of thiazole rings is 1. The maximum absolute atomic E-state index is 13.7. The summed E-state index contributed by atoms with van der Waals surface area (Å²) >= 11 is 1.24. The van der Waals surface area contributed by atoms with E-state index in [1.807, 2.05) is 37.3 Å². The Bertz CT molecular complexity index is 1330. The summed E-state index contributed by atoms with van der Waals surface area (Å²) in [7, 11) is -0.382. The summed E-state index contributed by atoms with van der Waals surface area (Å²) in [6, 6.07) is 13.4. The Morgan fingerprint density at radius 3 is 2.32 bits per heavy atom. The van der Waals surface area contributed by atoms with Crippen molar-refractivity contribution in [2.45, 2.75) is 39.7 Å². The SMILES string of the molecule is CCCS(=O)(=O)CC(=O)c1csc(CN(CCCc2ccccc2)C(=O)c2cc(OC)c(C)c(OC)c2)n1. The van der Waals surface area contributed by atoms with Crippen LogP contribution in [0.3, 0.4) is 0 Å². The number of sulfone groups is 1. The third-order valence-corrected chi connectivity index (χ3v) is 8.62. The van der Waals surface area contributed by atoms with Crippen LogP contribution in [0.5, 0.6) is 11.5 Å². The Balaban J connectivity index is 1.83. The molecule has 2 aromatic carbocycles. The van der Waals surface area contributed by atoms with Crippen molar-refractivity contribution in [2.24, 2.45) is 0 Å². The van der Waals surface area contributed by atoms with Crippen LogP contribution < -0.4 is 9.47 Å². The number of rotatable bonds is 14. The molecule has 0 aliphatic heterocycles. The summed E-state index contributed by atoms with van der Waals surface area (Å²) in [6.07, 6.45) is 1.97. The molecule has 0 atom stereocenters. The fourth-order valence-electron chi connectivity index (χ4n) is 4.09. The number of benzene rings is 2. The standard InChI is InChI=1S/C28H34N2O6S2/c1-5-14-38(33,34)19-24(31)23-18-37-27(29-23)17-30(13-9-12-21-10-7-6-8-11-21)28(32)22-15-25(35-3)20(2)26(16-22)36-4/h6-8,10-11,15-16,18H,5,9,12-14,17,19H2,1-4H3. The first-order valence-electron chi connectivity index (χ1n) is 12.4. The lowest BCUT2D eigenvalue weighted by molar-refractivity contribution is 0.0740. The molecule has 3 rings (SSSR count). The Morgan fingerprint density at radius 2 is 1.71 bits per heavy atom. The van der Waals surface area contributed by atoms with E-state index in [2.05, 4.69) is 4.98 Å². The van der Waals surface area contributed by atoms with Gasteiger partial charge in [-0.25, -0.2) is 13.4 Å². The van der Waals surface area contributed by atoms with Crippen molar-refractivity contribution >= 4 is 32.9 Å². The second-order valence-corrected chi connectivity index (χ2v) is 12.1. The fraction of sp³-hybridized carbons (Fsp3) is 0.393. The lowest BCUT2D eigenvalue weighted by atomic mass is 10.1. The zero-order valence-corrected chi connectivity index (χ0v) is 23.9. The average Bonchev–Trinajstić information content (AvgIpc) is 3.37. The molecule has 38 heavy (non-hydrogen) atoms. The van der Waals surface area contributed by atoms with Crippen LogP contribution in [0.1, 0.15) is 56.7 Å². The third-order valence-electron chi connectivity index (χ3n) is 6.05. The minimum atomic E-state index is -3.47. The van der Waals surface area contributed by atoms with Crippen molar-refractivity contribution in [1.82, 2.24) is 9.88 Å². The van der Waals surface area contributed by atoms with Gasteiger partial charge in [0.05, 0.1) is 26.5 Å². The molecule has 204 valence electrons. The maximum Gasteiger partial charge on any atom is 0.254 e. The zero-order chi connectivity index (χ0) is 27.7. The minimum absolute atomic E-state index is 0.0388. The molecule has 1 amide bonds. The highest BCUT2D eigenvalue weighted by atomic mass is 32.2. The lowest BCUT2D eigenvalue weighted by Crippen LogP contribution is -2.32. The molecule has 0 aliphatic carbocycles. The number of carbonyl (C=O) groups excluding carboxylic acids is 2. The van der Waals surface area contributed by atoms with E-state index in [1.165, 1.54) is 16.9 Å². The molecule has 3 aromatic rings. The second-order valence-electron chi connectivity index (χ2n) is 8.96. The van der Waals surface area contributed by atoms with Crippen molar-refractivity contribution in [3.8, 4) is 11.5 Å². The molecule has 0 fully saturated rings. The van der Waals surface area contributed by atoms with Crippen LogP contribution in [0.15, 0.2) is 47.8 Å². The van der Waals surface area contributed by atoms with Crippen molar-refractivity contribution in [3.05, 3.63) is 75.2 Å². The highest BCUT2D eigenvalue weighted by Crippen LogP contribution is 2.30. The number of nitrogens with zero attached hydrogens (tertiary/aromatic N) is 2. The molecule has 0 N–H and O–H groups in total. The molecule has 0 radical (unpaired) electrons. The highest BCUT2D eigenvalue weighted by molar-refractivity contribution is 7.92. The van der Waals surface area contributed by atoms with E-state index in [0.29, 0.717) is 35.0 Å². The largest absolute Gasteiger partial charge is 0.496 e. The van der Waals surface area contributed by atoms with E-state index in [1.54, 1.807) is 43.6 Å². The normalized spacial score (nSPS) is 11.3. The second kappa shape index (κ2) is 13.5. The minimum Gasteiger partial charge on any atom is -0.496 e. The predicted molar refractivity (Wildman–Crippen MR) is 149 cm³/mol. The summed E-state index contributed by atoms with van der Waals surface area (Å²) in [6.45, 7) is 4.26. The van der Waals surface area contributed by atoms with Crippen molar-refractivity contribution < 1.29 is 27.5 Å². The number of ether oxygens (including phenoxy) is 2. The molecule has 0 saturated heterocycles. The smallest absolute Gasteiger partial charge is 0.254 e. The van der Waals surface area contributed by atoms with Crippen molar-refractivity contribution in [1.29, 1.82) is 0 Å². The van der Waals surface area contributed by atoms with Gasteiger partial charge in [0.25, 0.3) is 5.91 Å². The van der Waals surface area contributed by atoms with E-state index in [9.17, 15) is 18.0 Å². The quantitative estimate of drug-likeness (QED) is 0.263. The van der Waals surface area contributed by atoms with Gasteiger partial charge in [0.15, 0.2) is 15.6 Å². The molecule has 0 aliphatic rings. The van der Waals surface area contributed by atoms with Crippen LogP contribution in [0, 0.1) is 6.92 Å². The molecule has 0 unspecified atom stereocenters. The van der Waals surface area contributed by atoms with Gasteiger partial charge in [-0.05, 0) is 43.9 Å². The molecule has 8 nitrogen and oxygen atoms in total. The topological polar surface area (TPSA) is 103 Å². The highest BCUT2D eigenvalue weighted by Gasteiger charge is 2.23. The number of ketones is 1. The summed E-state index contributed by atoms with van der Waals surface area (Å²) < 4.78 is 35.1. The van der Waals surface area contributed by atoms with Gasteiger partial charge in [0.2, 0.25) is 0 Å². The van der Waals surface area contributed by atoms with Gasteiger partial charge in [-0.3, -0.25) is 9.59 Å². The number of Topliss-reactive ketones (excluding diaryl/α,β-unsaturated/α-hetero) is 1. The predicted octanol–water partition coefficient (Wildman–Crippen LogP) is 4.75. The number of amides is 1. The summed E-state index contributed by atoms with van der Waals surface area (Å²) in [5, 5.41) is 2.12. The molecule has 10 heteroatoms. The van der Waals surface area contributed by atoms with Crippen LogP contribution in [0.4, 0.5) is 0 Å². The van der Waals surface area contributed by atoms with Crippen LogP contribution in [-0.2, 0) is 22.8 Å². The number of hydrogen-bond acceptors (Lipinski definition) is 8. The van der Waals surface area contributed by atoms with Gasteiger partial charge in [-0.1, -0.05) is 37.3 Å². The fourth-order valence-corrected chi connectivity index (χ4v) is 6.22. The molecule has 1 aromatic heterocycles. The van der Waals surface area contributed by atoms with Gasteiger partial charge in [0.1, 0.15) is 28.0 Å². The molecule has 0 spiro atoms. The summed E-state index contributed by atoms with van der Waals surface area (Å²) in [5.74, 6) is -0.255. The molecule has 0 bridgehead atoms. The number of hydrogen-bond donors (Lipinski definition) is 0. The van der Waals surface area contributed by atoms with Crippen LogP contribution in [0.2, 0.25) is 0 Å². The third kappa shape index (κ3) is 7.88. The number of carbonyl (C=O) groups is 2. The Hall–Kier alpha value is -3.24. The van der Waals surface area contributed by atoms with E-state index in [4.69, 9.17) is 9.47 Å². The van der Waals surface area contributed by atoms with Gasteiger partial charge in [-0.15, -0.1) is 11.3 Å². The van der Waals surface area contributed by atoms with Gasteiger partial charge in [-0.2, -0.15) is 0 Å². The van der Waals surface area contributed by atoms with E-state index < -0.39 is 21.4 Å². The Labute approximate surface area is 228 Å². The van der Waals surface area contributed by atoms with Gasteiger partial charge in [0, 0.05) is 23.1 Å². The van der Waals surface area contributed by atoms with Crippen LogP contribution in [0.25, 0.3) is 0 Å². The van der Waals surface area contributed by atoms with E-state index >= 15 is 0 Å². The zero-order valence-electron chi connectivity index (χ0n) is 22.2. The average molecular weight is 559 g/mol. The van der Waals surface area contributed by atoms with Gasteiger partial charge >= 0.3 is 0 Å². The van der Waals surface area contributed by atoms with Crippen molar-refractivity contribution in [2.75, 3.05) is 32.3 Å². The first kappa shape index (κ1) is 29.3. The molecular weight excluding hydrogens is 524 g/mol. The van der Waals surface area contributed by atoms with E-state index in [-0.39, 0.29) is 23.9 Å². The molecule has 0 saturated carbocycles. The van der Waals surface area contributed by atoms with Crippen LogP contribution in [-0.4, -0.2) is 62.3 Å². The van der Waals surface area contributed by atoms with E-state index in [0.717, 1.165) is 18.4 Å². The number of aryl methyl sites for hydroxylation is 1. The lowest BCUT2D eigenvalue weighted by Gasteiger charge is -2.23. The number of methoxy groups -OCH3 is 2. The molecular formula is C28H34N2O6S2. The first-order chi connectivity index (χ1) is 18.2. The first-order valence-corrected chi connectivity index (χ1v) is 15.1. The summed E-state index contributed by atoms with van der Waals surface area (Å²) in [5.41, 5.74) is 2.50. The van der Waals surface area contributed by atoms with Gasteiger partial charge < -0.3 is 14.4 Å². The summed E-state index contributed by atoms with van der Waals surface area (Å²) in [4.78, 5) is 32.3. The van der Waals surface area contributed by atoms with Crippen molar-refractivity contribution in [3.63, 3.8) is 0 Å². The Kier molecular flexibility index (Phi) is 10.4. The number of aromatic nitrogens is 1. The van der Waals surface area contributed by atoms with Crippen LogP contribution >= 0.6 is 11.3 Å². The monoisotopic (exact) mass is 558 g/mol.